The molecule has 0 bridgehead atoms. The third kappa shape index (κ3) is 3.39. The summed E-state index contributed by atoms with van der Waals surface area (Å²) in [7, 11) is 0. The summed E-state index contributed by atoms with van der Waals surface area (Å²) in [5.74, 6) is 0. The van der Waals surface area contributed by atoms with Crippen LogP contribution in [0.1, 0.15) is 12.5 Å². The minimum Gasteiger partial charge on any atom is -0.327 e. The molecule has 0 fully saturated rings. The van der Waals surface area contributed by atoms with Crippen molar-refractivity contribution in [1.82, 2.24) is 0 Å². The monoisotopic (exact) mass is 215 g/mol. The first-order valence-electron chi connectivity index (χ1n) is 3.95. The molecule has 2 N–H and O–H groups in total. The van der Waals surface area contributed by atoms with Crippen LogP contribution in [0.4, 0.5) is 0 Å². The minimum absolute atomic E-state index is 0.546. The third-order valence-corrected chi connectivity index (χ3v) is 2.06. The number of benzene rings is 1. The van der Waals surface area contributed by atoms with Crippen LogP contribution in [0.3, 0.4) is 0 Å². The molecule has 1 nitrogen and oxygen atoms in total. The maximum absolute atomic E-state index is 5.83. The molecule has 0 saturated heterocycles. The van der Waals surface area contributed by atoms with E-state index in [1.165, 1.54) is 0 Å². The van der Waals surface area contributed by atoms with Crippen molar-refractivity contribution in [3.8, 4) is 0 Å². The number of nitrogens with two attached hydrogens (primary N) is 1. The lowest BCUT2D eigenvalue weighted by molar-refractivity contribution is 1.15. The summed E-state index contributed by atoms with van der Waals surface area (Å²) >= 11 is 11.7. The molecule has 0 aromatic heterocycles. The normalized spacial score (nSPS) is 11.8. The Balaban J connectivity index is 3.02. The van der Waals surface area contributed by atoms with Gasteiger partial charge in [-0.3, -0.25) is 0 Å². The predicted molar refractivity (Wildman–Crippen MR) is 59.2 cm³/mol. The highest BCUT2D eigenvalue weighted by Crippen LogP contribution is 2.20. The van der Waals surface area contributed by atoms with E-state index in [0.29, 0.717) is 16.6 Å². The van der Waals surface area contributed by atoms with Crippen molar-refractivity contribution in [2.75, 3.05) is 6.54 Å². The van der Waals surface area contributed by atoms with E-state index in [4.69, 9.17) is 28.9 Å². The Morgan fingerprint density at radius 2 is 1.85 bits per heavy atom. The Kier molecular flexibility index (Phi) is 3.79. The van der Waals surface area contributed by atoms with Crippen LogP contribution in [-0.2, 0) is 0 Å². The summed E-state index contributed by atoms with van der Waals surface area (Å²) in [6, 6.07) is 5.41. The van der Waals surface area contributed by atoms with Gasteiger partial charge in [0, 0.05) is 16.6 Å². The minimum atomic E-state index is 0.546. The SMILES string of the molecule is C/C(=C/c1cc(Cl)cc(Cl)c1)CN. The molecule has 0 amide bonds. The second-order valence-corrected chi connectivity index (χ2v) is 3.77. The van der Waals surface area contributed by atoms with Crippen LogP contribution >= 0.6 is 23.2 Å². The second-order valence-electron chi connectivity index (χ2n) is 2.90. The second kappa shape index (κ2) is 4.66. The van der Waals surface area contributed by atoms with Crippen LogP contribution in [0.25, 0.3) is 6.08 Å². The number of halogens is 2. The molecule has 1 aromatic rings. The molecule has 0 aliphatic heterocycles. The molecule has 0 aliphatic rings. The lowest BCUT2D eigenvalue weighted by Gasteiger charge is -1.99. The van der Waals surface area contributed by atoms with E-state index in [1.54, 1.807) is 6.07 Å². The fraction of sp³-hybridized carbons (Fsp3) is 0.200. The zero-order valence-corrected chi connectivity index (χ0v) is 8.86. The summed E-state index contributed by atoms with van der Waals surface area (Å²) in [6.07, 6.45) is 1.97. The van der Waals surface area contributed by atoms with Crippen molar-refractivity contribution < 1.29 is 0 Å². The van der Waals surface area contributed by atoms with Crippen molar-refractivity contribution in [2.24, 2.45) is 5.73 Å². The van der Waals surface area contributed by atoms with Crippen molar-refractivity contribution in [3.63, 3.8) is 0 Å². The fourth-order valence-electron chi connectivity index (χ4n) is 1.00. The summed E-state index contributed by atoms with van der Waals surface area (Å²) in [5, 5.41) is 1.28. The summed E-state index contributed by atoms with van der Waals surface area (Å²) < 4.78 is 0. The van der Waals surface area contributed by atoms with Gasteiger partial charge in [-0.25, -0.2) is 0 Å². The highest BCUT2D eigenvalue weighted by atomic mass is 35.5. The molecule has 1 rings (SSSR count). The predicted octanol–water partition coefficient (Wildman–Crippen LogP) is 3.36. The molecule has 0 saturated carbocycles. The van der Waals surface area contributed by atoms with Gasteiger partial charge in [0.2, 0.25) is 0 Å². The molecule has 0 radical (unpaired) electrons. The molecule has 0 atom stereocenters. The van der Waals surface area contributed by atoms with E-state index >= 15 is 0 Å². The highest BCUT2D eigenvalue weighted by molar-refractivity contribution is 6.34. The van der Waals surface area contributed by atoms with Gasteiger partial charge < -0.3 is 5.73 Å². The van der Waals surface area contributed by atoms with Crippen molar-refractivity contribution in [3.05, 3.63) is 39.4 Å². The molecule has 0 unspecified atom stereocenters. The van der Waals surface area contributed by atoms with Crippen LogP contribution in [0.15, 0.2) is 23.8 Å². The Bertz CT molecular complexity index is 311. The van der Waals surface area contributed by atoms with Crippen LogP contribution in [0.5, 0.6) is 0 Å². The molecule has 1 aromatic carbocycles. The average molecular weight is 216 g/mol. The van der Waals surface area contributed by atoms with Crippen molar-refractivity contribution in [1.29, 1.82) is 0 Å². The zero-order chi connectivity index (χ0) is 9.84. The first kappa shape index (κ1) is 10.6. The molecule has 70 valence electrons. The molecule has 0 spiro atoms. The molecule has 0 heterocycles. The molecule has 3 heteroatoms. The van der Waals surface area contributed by atoms with Crippen LogP contribution in [-0.4, -0.2) is 6.54 Å². The van der Waals surface area contributed by atoms with Crippen molar-refractivity contribution >= 4 is 29.3 Å². The van der Waals surface area contributed by atoms with Gasteiger partial charge in [-0.05, 0) is 30.7 Å². The van der Waals surface area contributed by atoms with Gasteiger partial charge in [0.25, 0.3) is 0 Å². The van der Waals surface area contributed by atoms with Gasteiger partial charge in [-0.2, -0.15) is 0 Å². The van der Waals surface area contributed by atoms with Crippen LogP contribution in [0, 0.1) is 0 Å². The lowest BCUT2D eigenvalue weighted by atomic mass is 10.1. The van der Waals surface area contributed by atoms with Gasteiger partial charge in [0.05, 0.1) is 0 Å². The first-order valence-corrected chi connectivity index (χ1v) is 4.71. The van der Waals surface area contributed by atoms with Crippen molar-refractivity contribution in [2.45, 2.75) is 6.92 Å². The molecule has 0 aliphatic carbocycles. The van der Waals surface area contributed by atoms with Gasteiger partial charge in [-0.15, -0.1) is 0 Å². The standard InChI is InChI=1S/C10H11Cl2N/c1-7(6-13)2-8-3-9(11)5-10(12)4-8/h2-5H,6,13H2,1H3/b7-2-. The Labute approximate surface area is 88.1 Å². The van der Waals surface area contributed by atoms with Gasteiger partial charge >= 0.3 is 0 Å². The van der Waals surface area contributed by atoms with Gasteiger partial charge in [0.15, 0.2) is 0 Å². The molecule has 13 heavy (non-hydrogen) atoms. The number of hydrogen-bond acceptors (Lipinski definition) is 1. The molecular weight excluding hydrogens is 205 g/mol. The van der Waals surface area contributed by atoms with Gasteiger partial charge in [0.1, 0.15) is 0 Å². The first-order chi connectivity index (χ1) is 6.11. The Morgan fingerprint density at radius 1 is 1.31 bits per heavy atom. The zero-order valence-electron chi connectivity index (χ0n) is 7.35. The van der Waals surface area contributed by atoms with Crippen LogP contribution in [0.2, 0.25) is 10.0 Å². The smallest absolute Gasteiger partial charge is 0.0426 e. The summed E-state index contributed by atoms with van der Waals surface area (Å²) in [4.78, 5) is 0. The Hall–Kier alpha value is -0.500. The summed E-state index contributed by atoms with van der Waals surface area (Å²) in [5.41, 5.74) is 7.54. The average Bonchev–Trinajstić information content (AvgIpc) is 2.02. The maximum Gasteiger partial charge on any atom is 0.0426 e. The van der Waals surface area contributed by atoms with E-state index in [9.17, 15) is 0 Å². The quantitative estimate of drug-likeness (QED) is 0.805. The van der Waals surface area contributed by atoms with E-state index in [1.807, 2.05) is 25.1 Å². The topological polar surface area (TPSA) is 26.0 Å². The van der Waals surface area contributed by atoms with E-state index in [2.05, 4.69) is 0 Å². The van der Waals surface area contributed by atoms with Crippen LogP contribution < -0.4 is 5.73 Å². The third-order valence-electron chi connectivity index (χ3n) is 1.62. The lowest BCUT2D eigenvalue weighted by Crippen LogP contribution is -1.99. The molecular formula is C10H11Cl2N. The number of rotatable bonds is 2. The number of hydrogen-bond donors (Lipinski definition) is 1. The van der Waals surface area contributed by atoms with Gasteiger partial charge in [-0.1, -0.05) is 34.9 Å². The largest absolute Gasteiger partial charge is 0.327 e. The van der Waals surface area contributed by atoms with E-state index < -0.39 is 0 Å². The fourth-order valence-corrected chi connectivity index (χ4v) is 1.54. The van der Waals surface area contributed by atoms with E-state index in [0.717, 1.165) is 11.1 Å². The maximum atomic E-state index is 5.83. The van der Waals surface area contributed by atoms with E-state index in [-0.39, 0.29) is 0 Å². The Morgan fingerprint density at radius 3 is 2.31 bits per heavy atom. The summed E-state index contributed by atoms with van der Waals surface area (Å²) in [6.45, 7) is 2.51. The highest BCUT2D eigenvalue weighted by Gasteiger charge is 1.95.